The van der Waals surface area contributed by atoms with Crippen LogP contribution in [0.5, 0.6) is 11.5 Å². The number of rotatable bonds is 11. The highest BCUT2D eigenvalue weighted by atomic mass is 19.2. The van der Waals surface area contributed by atoms with Crippen LogP contribution in [-0.2, 0) is 6.61 Å². The topological polar surface area (TPSA) is 18.5 Å². The minimum absolute atomic E-state index is 0.149. The van der Waals surface area contributed by atoms with E-state index in [4.69, 9.17) is 9.47 Å². The molecule has 7 heteroatoms. The predicted octanol–water partition coefficient (Wildman–Crippen LogP) is 9.58. The summed E-state index contributed by atoms with van der Waals surface area (Å²) in [6, 6.07) is 10.4. The van der Waals surface area contributed by atoms with Crippen LogP contribution >= 0.6 is 0 Å². The lowest BCUT2D eigenvalue weighted by molar-refractivity contribution is 0.265. The van der Waals surface area contributed by atoms with Gasteiger partial charge in [-0.1, -0.05) is 56.5 Å². The zero-order chi connectivity index (χ0) is 27.9. The van der Waals surface area contributed by atoms with E-state index in [9.17, 15) is 22.0 Å². The van der Waals surface area contributed by atoms with Gasteiger partial charge in [-0.15, -0.1) is 0 Å². The summed E-state index contributed by atoms with van der Waals surface area (Å²) in [5, 5.41) is 0. The van der Waals surface area contributed by atoms with Crippen molar-refractivity contribution in [3.05, 3.63) is 99.9 Å². The highest BCUT2D eigenvalue weighted by molar-refractivity contribution is 5.67. The summed E-state index contributed by atoms with van der Waals surface area (Å²) in [5.41, 5.74) is 2.28. The first kappa shape index (κ1) is 28.7. The molecule has 0 saturated carbocycles. The summed E-state index contributed by atoms with van der Waals surface area (Å²) in [6.07, 6.45) is 7.28. The third kappa shape index (κ3) is 6.81. The SMILES string of the molecule is CCCCCCOc1ccc(OCc2ccc(C3=CCC(c4ccc(C)c(F)c4F)CC3)c(F)c2)c(F)c1F. The molecule has 3 aromatic rings. The summed E-state index contributed by atoms with van der Waals surface area (Å²) >= 11 is 0. The van der Waals surface area contributed by atoms with E-state index in [0.29, 0.717) is 42.6 Å². The Labute approximate surface area is 226 Å². The third-order valence-electron chi connectivity index (χ3n) is 7.20. The van der Waals surface area contributed by atoms with Crippen LogP contribution in [0.25, 0.3) is 5.57 Å². The van der Waals surface area contributed by atoms with Gasteiger partial charge in [-0.2, -0.15) is 8.78 Å². The molecule has 0 fully saturated rings. The number of hydrogen-bond donors (Lipinski definition) is 0. The molecule has 0 radical (unpaired) electrons. The van der Waals surface area contributed by atoms with Crippen LogP contribution < -0.4 is 9.47 Å². The summed E-state index contributed by atoms with van der Waals surface area (Å²) in [7, 11) is 0. The standard InChI is InChI=1S/C32H33F5O2/c1-3-4-5-6-17-38-27-15-16-28(32(37)31(27)36)39-19-21-8-14-24(26(33)18-21)22-9-11-23(12-10-22)25-13-7-20(2)29(34)30(25)35/h7-9,13-16,18,23H,3-6,10-12,17,19H2,1-2H3. The molecule has 1 unspecified atom stereocenters. The molecule has 0 aliphatic heterocycles. The Hall–Kier alpha value is -3.35. The molecule has 0 heterocycles. The van der Waals surface area contributed by atoms with E-state index in [2.05, 4.69) is 6.92 Å². The van der Waals surface area contributed by atoms with Crippen molar-refractivity contribution in [1.82, 2.24) is 0 Å². The van der Waals surface area contributed by atoms with Crippen molar-refractivity contribution in [3.8, 4) is 11.5 Å². The van der Waals surface area contributed by atoms with Crippen LogP contribution in [-0.4, -0.2) is 6.61 Å². The number of ether oxygens (including phenoxy) is 2. The van der Waals surface area contributed by atoms with Gasteiger partial charge in [-0.05, 0) is 79.0 Å². The van der Waals surface area contributed by atoms with Crippen molar-refractivity contribution >= 4 is 5.57 Å². The molecule has 3 aromatic carbocycles. The van der Waals surface area contributed by atoms with Crippen molar-refractivity contribution in [2.45, 2.75) is 71.3 Å². The predicted molar refractivity (Wildman–Crippen MR) is 142 cm³/mol. The Balaban J connectivity index is 1.36. The highest BCUT2D eigenvalue weighted by Crippen LogP contribution is 2.38. The first-order valence-corrected chi connectivity index (χ1v) is 13.5. The van der Waals surface area contributed by atoms with E-state index >= 15 is 0 Å². The zero-order valence-electron chi connectivity index (χ0n) is 22.3. The fourth-order valence-corrected chi connectivity index (χ4v) is 4.86. The van der Waals surface area contributed by atoms with Crippen LogP contribution in [0.15, 0.2) is 48.5 Å². The summed E-state index contributed by atoms with van der Waals surface area (Å²) in [5.74, 6) is -4.98. The smallest absolute Gasteiger partial charge is 0.204 e. The van der Waals surface area contributed by atoms with E-state index in [1.165, 1.54) is 25.1 Å². The molecule has 2 nitrogen and oxygen atoms in total. The monoisotopic (exact) mass is 544 g/mol. The second kappa shape index (κ2) is 13.1. The Morgan fingerprint density at radius 1 is 0.795 bits per heavy atom. The fraction of sp³-hybridized carbons (Fsp3) is 0.375. The van der Waals surface area contributed by atoms with Gasteiger partial charge in [-0.3, -0.25) is 0 Å². The van der Waals surface area contributed by atoms with Crippen molar-refractivity contribution in [1.29, 1.82) is 0 Å². The van der Waals surface area contributed by atoms with Gasteiger partial charge in [0.1, 0.15) is 12.4 Å². The average Bonchev–Trinajstić information content (AvgIpc) is 2.94. The van der Waals surface area contributed by atoms with E-state index < -0.39 is 29.1 Å². The summed E-state index contributed by atoms with van der Waals surface area (Å²) < 4.78 is 83.1. The van der Waals surface area contributed by atoms with Gasteiger partial charge < -0.3 is 9.47 Å². The Morgan fingerprint density at radius 2 is 1.54 bits per heavy atom. The fourth-order valence-electron chi connectivity index (χ4n) is 4.86. The molecule has 0 bridgehead atoms. The number of aryl methyl sites for hydroxylation is 1. The summed E-state index contributed by atoms with van der Waals surface area (Å²) in [4.78, 5) is 0. The maximum atomic E-state index is 15.0. The molecule has 39 heavy (non-hydrogen) atoms. The quantitative estimate of drug-likeness (QED) is 0.177. The van der Waals surface area contributed by atoms with Crippen LogP contribution in [0.4, 0.5) is 22.0 Å². The first-order valence-electron chi connectivity index (χ1n) is 13.5. The lowest BCUT2D eigenvalue weighted by atomic mass is 9.82. The largest absolute Gasteiger partial charge is 0.490 e. The molecule has 0 amide bonds. The maximum absolute atomic E-state index is 15.0. The number of hydrogen-bond acceptors (Lipinski definition) is 2. The van der Waals surface area contributed by atoms with Crippen LogP contribution in [0.2, 0.25) is 0 Å². The van der Waals surface area contributed by atoms with Gasteiger partial charge in [0.2, 0.25) is 11.6 Å². The van der Waals surface area contributed by atoms with Crippen LogP contribution in [0.1, 0.15) is 80.0 Å². The minimum Gasteiger partial charge on any atom is -0.490 e. The van der Waals surface area contributed by atoms with Crippen LogP contribution in [0.3, 0.4) is 0 Å². The molecule has 4 rings (SSSR count). The molecule has 208 valence electrons. The molecule has 1 aliphatic carbocycles. The second-order valence-electron chi connectivity index (χ2n) is 10.0. The van der Waals surface area contributed by atoms with Crippen LogP contribution in [0, 0.1) is 36.0 Å². The van der Waals surface area contributed by atoms with Crippen molar-refractivity contribution in [2.24, 2.45) is 0 Å². The van der Waals surface area contributed by atoms with Gasteiger partial charge in [0.15, 0.2) is 23.1 Å². The molecular weight excluding hydrogens is 511 g/mol. The molecule has 0 saturated heterocycles. The number of halogens is 5. The molecule has 1 aliphatic rings. The lowest BCUT2D eigenvalue weighted by Crippen LogP contribution is -2.09. The van der Waals surface area contributed by atoms with Gasteiger partial charge in [-0.25, -0.2) is 13.2 Å². The van der Waals surface area contributed by atoms with E-state index in [1.54, 1.807) is 24.3 Å². The third-order valence-corrected chi connectivity index (χ3v) is 7.20. The van der Waals surface area contributed by atoms with E-state index in [1.807, 2.05) is 6.08 Å². The molecule has 0 aromatic heterocycles. The Morgan fingerprint density at radius 3 is 2.21 bits per heavy atom. The Kier molecular flexibility index (Phi) is 9.65. The van der Waals surface area contributed by atoms with E-state index in [0.717, 1.165) is 31.3 Å². The number of allylic oxidation sites excluding steroid dienone is 2. The molecule has 1 atom stereocenters. The molecule has 0 N–H and O–H groups in total. The highest BCUT2D eigenvalue weighted by Gasteiger charge is 2.23. The Bertz CT molecular complexity index is 1330. The average molecular weight is 545 g/mol. The van der Waals surface area contributed by atoms with Crippen molar-refractivity contribution < 1.29 is 31.4 Å². The van der Waals surface area contributed by atoms with Gasteiger partial charge in [0.05, 0.1) is 6.61 Å². The molecule has 0 spiro atoms. The van der Waals surface area contributed by atoms with Gasteiger partial charge in [0.25, 0.3) is 0 Å². The second-order valence-corrected chi connectivity index (χ2v) is 10.0. The van der Waals surface area contributed by atoms with Gasteiger partial charge >= 0.3 is 0 Å². The molecular formula is C32H33F5O2. The normalized spacial score (nSPS) is 15.3. The number of benzene rings is 3. The van der Waals surface area contributed by atoms with Crippen molar-refractivity contribution in [2.75, 3.05) is 6.61 Å². The minimum atomic E-state index is -1.15. The lowest BCUT2D eigenvalue weighted by Gasteiger charge is -2.23. The number of unbranched alkanes of at least 4 members (excludes halogenated alkanes) is 3. The summed E-state index contributed by atoms with van der Waals surface area (Å²) in [6.45, 7) is 3.77. The zero-order valence-corrected chi connectivity index (χ0v) is 22.3. The van der Waals surface area contributed by atoms with E-state index in [-0.39, 0.29) is 29.6 Å². The van der Waals surface area contributed by atoms with Crippen molar-refractivity contribution in [3.63, 3.8) is 0 Å². The first-order chi connectivity index (χ1) is 18.8. The van der Waals surface area contributed by atoms with Gasteiger partial charge in [0, 0.05) is 5.56 Å². The maximum Gasteiger partial charge on any atom is 0.204 e.